The smallest absolute Gasteiger partial charge is 0.247 e. The van der Waals surface area contributed by atoms with Crippen molar-refractivity contribution in [2.75, 3.05) is 19.8 Å². The van der Waals surface area contributed by atoms with E-state index >= 15 is 0 Å². The van der Waals surface area contributed by atoms with E-state index in [1.807, 2.05) is 6.92 Å². The van der Waals surface area contributed by atoms with Crippen LogP contribution in [0.5, 0.6) is 0 Å². The lowest BCUT2D eigenvalue weighted by Crippen LogP contribution is -2.46. The van der Waals surface area contributed by atoms with E-state index in [0.29, 0.717) is 36.0 Å². The van der Waals surface area contributed by atoms with Gasteiger partial charge in [0.25, 0.3) is 0 Å². The van der Waals surface area contributed by atoms with Crippen LogP contribution in [-0.4, -0.2) is 60.5 Å². The molecule has 2 fully saturated rings. The maximum Gasteiger partial charge on any atom is 0.247 e. The van der Waals surface area contributed by atoms with Gasteiger partial charge in [-0.05, 0) is 33.6 Å². The first kappa shape index (κ1) is 16.9. The molecule has 1 aromatic rings. The Kier molecular flexibility index (Phi) is 4.52. The van der Waals surface area contributed by atoms with Gasteiger partial charge in [-0.2, -0.15) is 9.40 Å². The second kappa shape index (κ2) is 6.16. The SMILES string of the molecule is CCOC1C2CCC1N(S(=O)(=O)c1c(C)nn(C)c1C)CCO2. The molecule has 1 saturated carbocycles. The van der Waals surface area contributed by atoms with Crippen LogP contribution in [0.3, 0.4) is 0 Å². The van der Waals surface area contributed by atoms with Crippen molar-refractivity contribution in [1.29, 1.82) is 0 Å². The van der Waals surface area contributed by atoms with Crippen molar-refractivity contribution in [1.82, 2.24) is 14.1 Å². The van der Waals surface area contributed by atoms with E-state index < -0.39 is 10.0 Å². The number of aromatic nitrogens is 2. The van der Waals surface area contributed by atoms with E-state index in [0.717, 1.165) is 12.8 Å². The summed E-state index contributed by atoms with van der Waals surface area (Å²) in [4.78, 5) is 0.320. The Bertz CT molecular complexity index is 685. The largest absolute Gasteiger partial charge is 0.374 e. The van der Waals surface area contributed by atoms with Gasteiger partial charge in [0.2, 0.25) is 10.0 Å². The molecule has 0 N–H and O–H groups in total. The summed E-state index contributed by atoms with van der Waals surface area (Å²) < 4.78 is 41.4. The molecule has 3 atom stereocenters. The second-order valence-electron chi connectivity index (χ2n) is 6.21. The topological polar surface area (TPSA) is 73.7 Å². The standard InChI is InChI=1S/C15H25N3O4S/c1-5-21-14-12-6-7-13(14)22-9-8-18(12)23(19,20)15-10(2)16-17(4)11(15)3/h12-14H,5-9H2,1-4H3. The van der Waals surface area contributed by atoms with E-state index in [2.05, 4.69) is 5.10 Å². The van der Waals surface area contributed by atoms with Crippen molar-refractivity contribution in [3.8, 4) is 0 Å². The first-order valence-electron chi connectivity index (χ1n) is 8.13. The van der Waals surface area contributed by atoms with Crippen LogP contribution in [0, 0.1) is 13.8 Å². The highest BCUT2D eigenvalue weighted by Gasteiger charge is 2.48. The monoisotopic (exact) mass is 343 g/mol. The van der Waals surface area contributed by atoms with Crippen molar-refractivity contribution in [2.45, 2.75) is 56.8 Å². The average molecular weight is 343 g/mol. The minimum absolute atomic E-state index is 0.00348. The molecule has 130 valence electrons. The zero-order valence-corrected chi connectivity index (χ0v) is 15.0. The molecule has 8 heteroatoms. The summed E-state index contributed by atoms with van der Waals surface area (Å²) in [6.45, 7) is 6.78. The molecule has 1 aromatic heterocycles. The van der Waals surface area contributed by atoms with Crippen molar-refractivity contribution in [3.63, 3.8) is 0 Å². The van der Waals surface area contributed by atoms with E-state index in [4.69, 9.17) is 9.47 Å². The molecule has 2 bridgehead atoms. The fourth-order valence-electron chi connectivity index (χ4n) is 3.81. The molecule has 2 aliphatic rings. The molecule has 1 aliphatic heterocycles. The fraction of sp³-hybridized carbons (Fsp3) is 0.800. The number of fused-ring (bicyclic) bond motifs is 2. The zero-order valence-electron chi connectivity index (χ0n) is 14.2. The summed E-state index contributed by atoms with van der Waals surface area (Å²) in [5, 5.41) is 4.26. The molecular formula is C15H25N3O4S. The van der Waals surface area contributed by atoms with Crippen LogP contribution in [0.1, 0.15) is 31.2 Å². The maximum atomic E-state index is 13.3. The van der Waals surface area contributed by atoms with Crippen LogP contribution in [0.4, 0.5) is 0 Å². The number of ether oxygens (including phenoxy) is 2. The van der Waals surface area contributed by atoms with Gasteiger partial charge < -0.3 is 9.47 Å². The van der Waals surface area contributed by atoms with E-state index in [1.165, 1.54) is 0 Å². The summed E-state index contributed by atoms with van der Waals surface area (Å²) in [5.41, 5.74) is 1.20. The normalized spacial score (nSPS) is 29.0. The van der Waals surface area contributed by atoms with E-state index in [1.54, 1.807) is 29.9 Å². The lowest BCUT2D eigenvalue weighted by Gasteiger charge is -2.30. The Morgan fingerprint density at radius 2 is 2.09 bits per heavy atom. The number of nitrogens with zero attached hydrogens (tertiary/aromatic N) is 3. The molecule has 0 amide bonds. The van der Waals surface area contributed by atoms with Crippen molar-refractivity contribution in [2.24, 2.45) is 7.05 Å². The molecule has 3 unspecified atom stereocenters. The molecule has 3 rings (SSSR count). The minimum atomic E-state index is -3.62. The second-order valence-corrected chi connectivity index (χ2v) is 8.04. The number of rotatable bonds is 4. The maximum absolute atomic E-state index is 13.3. The highest BCUT2D eigenvalue weighted by atomic mass is 32.2. The Balaban J connectivity index is 2.01. The predicted molar refractivity (Wildman–Crippen MR) is 84.7 cm³/mol. The van der Waals surface area contributed by atoms with Crippen LogP contribution in [-0.2, 0) is 26.5 Å². The fourth-order valence-corrected chi connectivity index (χ4v) is 5.86. The summed E-state index contributed by atoms with van der Waals surface area (Å²) in [7, 11) is -1.86. The van der Waals surface area contributed by atoms with Crippen LogP contribution in [0.25, 0.3) is 0 Å². The van der Waals surface area contributed by atoms with Crippen molar-refractivity contribution in [3.05, 3.63) is 11.4 Å². The van der Waals surface area contributed by atoms with Gasteiger partial charge in [0, 0.05) is 20.2 Å². The summed E-state index contributed by atoms with van der Waals surface area (Å²) in [6.07, 6.45) is 1.42. The third-order valence-electron chi connectivity index (χ3n) is 4.87. The third kappa shape index (κ3) is 2.71. The molecule has 1 saturated heterocycles. The van der Waals surface area contributed by atoms with Crippen LogP contribution in [0.15, 0.2) is 4.90 Å². The zero-order chi connectivity index (χ0) is 16.8. The van der Waals surface area contributed by atoms with Crippen LogP contribution >= 0.6 is 0 Å². The Hall–Kier alpha value is -0.960. The minimum Gasteiger partial charge on any atom is -0.374 e. The summed E-state index contributed by atoms with van der Waals surface area (Å²) in [5.74, 6) is 0. The van der Waals surface area contributed by atoms with Gasteiger partial charge in [-0.1, -0.05) is 0 Å². The van der Waals surface area contributed by atoms with Crippen molar-refractivity contribution < 1.29 is 17.9 Å². The summed E-state index contributed by atoms with van der Waals surface area (Å²) in [6, 6.07) is -0.161. The number of hydrogen-bond donors (Lipinski definition) is 0. The van der Waals surface area contributed by atoms with Gasteiger partial charge in [-0.15, -0.1) is 0 Å². The highest BCUT2D eigenvalue weighted by molar-refractivity contribution is 7.89. The predicted octanol–water partition coefficient (Wildman–Crippen LogP) is 0.994. The Morgan fingerprint density at radius 1 is 1.35 bits per heavy atom. The molecule has 7 nitrogen and oxygen atoms in total. The van der Waals surface area contributed by atoms with Gasteiger partial charge in [-0.3, -0.25) is 4.68 Å². The van der Waals surface area contributed by atoms with Crippen LogP contribution < -0.4 is 0 Å². The van der Waals surface area contributed by atoms with E-state index in [-0.39, 0.29) is 18.2 Å². The quantitative estimate of drug-likeness (QED) is 0.815. The molecule has 0 spiro atoms. The van der Waals surface area contributed by atoms with Crippen molar-refractivity contribution >= 4 is 10.0 Å². The Morgan fingerprint density at radius 3 is 2.70 bits per heavy atom. The lowest BCUT2D eigenvalue weighted by molar-refractivity contribution is -0.0470. The van der Waals surface area contributed by atoms with Crippen LogP contribution in [0.2, 0.25) is 0 Å². The number of hydrogen-bond acceptors (Lipinski definition) is 5. The molecule has 0 radical (unpaired) electrons. The molecule has 23 heavy (non-hydrogen) atoms. The molecular weight excluding hydrogens is 318 g/mol. The van der Waals surface area contributed by atoms with Gasteiger partial charge in [0.15, 0.2) is 0 Å². The first-order chi connectivity index (χ1) is 10.9. The molecule has 1 aliphatic carbocycles. The van der Waals surface area contributed by atoms with Gasteiger partial charge in [0.1, 0.15) is 11.0 Å². The number of sulfonamides is 1. The lowest BCUT2D eigenvalue weighted by atomic mass is 10.2. The van der Waals surface area contributed by atoms with E-state index in [9.17, 15) is 8.42 Å². The van der Waals surface area contributed by atoms with Gasteiger partial charge >= 0.3 is 0 Å². The average Bonchev–Trinajstić information content (AvgIpc) is 2.87. The highest BCUT2D eigenvalue weighted by Crippen LogP contribution is 2.36. The molecule has 2 heterocycles. The van der Waals surface area contributed by atoms with Gasteiger partial charge in [-0.25, -0.2) is 8.42 Å². The number of aryl methyl sites for hydroxylation is 2. The molecule has 0 aromatic carbocycles. The summed E-state index contributed by atoms with van der Waals surface area (Å²) >= 11 is 0. The Labute approximate surface area is 137 Å². The first-order valence-corrected chi connectivity index (χ1v) is 9.57. The third-order valence-corrected chi connectivity index (χ3v) is 7.05. The van der Waals surface area contributed by atoms with Gasteiger partial charge in [0.05, 0.1) is 30.1 Å².